The number of nitrogens with zero attached hydrogens (tertiary/aromatic N) is 2. The smallest absolute Gasteiger partial charge is 0.270 e. The van der Waals surface area contributed by atoms with Gasteiger partial charge in [-0.05, 0) is 13.3 Å². The van der Waals surface area contributed by atoms with E-state index < -0.39 is 0 Å². The summed E-state index contributed by atoms with van der Waals surface area (Å²) in [5, 5.41) is 5.82. The number of anilines is 1. The monoisotopic (exact) mass is 264 g/mol. The quantitative estimate of drug-likeness (QED) is 0.544. The van der Waals surface area contributed by atoms with Crippen molar-refractivity contribution in [1.82, 2.24) is 15.3 Å². The lowest BCUT2D eigenvalue weighted by Gasteiger charge is -2.08. The minimum absolute atomic E-state index is 0.231. The van der Waals surface area contributed by atoms with Crippen LogP contribution in [-0.2, 0) is 4.74 Å². The average Bonchev–Trinajstić information content (AvgIpc) is 2.40. The molecule has 6 nitrogen and oxygen atoms in total. The molecule has 0 aromatic carbocycles. The van der Waals surface area contributed by atoms with Crippen LogP contribution in [0, 0.1) is 6.92 Å². The number of hydrogen-bond donors (Lipinski definition) is 2. The fraction of sp³-hybridized carbons (Fsp3) is 0.462. The summed E-state index contributed by atoms with van der Waals surface area (Å²) in [6.45, 7) is 7.14. The van der Waals surface area contributed by atoms with Gasteiger partial charge in [0.2, 0.25) is 0 Å². The number of rotatable bonds is 8. The Morgan fingerprint density at radius 3 is 3.00 bits per heavy atom. The van der Waals surface area contributed by atoms with Crippen LogP contribution in [-0.4, -0.2) is 42.7 Å². The molecule has 0 radical (unpaired) electrons. The van der Waals surface area contributed by atoms with Gasteiger partial charge in [0.1, 0.15) is 17.3 Å². The van der Waals surface area contributed by atoms with Gasteiger partial charge in [0.05, 0.1) is 0 Å². The summed E-state index contributed by atoms with van der Waals surface area (Å²) in [4.78, 5) is 20.1. The minimum Gasteiger partial charge on any atom is -0.385 e. The normalized spacial score (nSPS) is 10.0. The number of carbonyl (C=O) groups excluding carboxylic acids is 1. The molecule has 1 aromatic heterocycles. The summed E-state index contributed by atoms with van der Waals surface area (Å²) in [5.74, 6) is 0.971. The van der Waals surface area contributed by atoms with Crippen LogP contribution >= 0.6 is 0 Å². The maximum absolute atomic E-state index is 11.8. The maximum Gasteiger partial charge on any atom is 0.270 e. The number of methoxy groups -OCH3 is 1. The van der Waals surface area contributed by atoms with E-state index in [1.54, 1.807) is 26.2 Å². The van der Waals surface area contributed by atoms with E-state index in [9.17, 15) is 4.79 Å². The van der Waals surface area contributed by atoms with Crippen LogP contribution in [0.5, 0.6) is 0 Å². The van der Waals surface area contributed by atoms with Crippen LogP contribution < -0.4 is 10.6 Å². The lowest BCUT2D eigenvalue weighted by Crippen LogP contribution is -2.25. The molecule has 0 unspecified atom stereocenters. The summed E-state index contributed by atoms with van der Waals surface area (Å²) in [5.41, 5.74) is 0.351. The van der Waals surface area contributed by atoms with E-state index >= 15 is 0 Å². The van der Waals surface area contributed by atoms with Gasteiger partial charge in [-0.15, -0.1) is 6.58 Å². The Labute approximate surface area is 113 Å². The van der Waals surface area contributed by atoms with Crippen molar-refractivity contribution in [2.45, 2.75) is 13.3 Å². The predicted octanol–water partition coefficient (Wildman–Crippen LogP) is 1.15. The Hall–Kier alpha value is -1.95. The first kappa shape index (κ1) is 15.1. The van der Waals surface area contributed by atoms with E-state index in [0.717, 1.165) is 13.0 Å². The lowest BCUT2D eigenvalue weighted by molar-refractivity contribution is 0.0952. The third-order valence-corrected chi connectivity index (χ3v) is 2.31. The molecule has 0 saturated carbocycles. The van der Waals surface area contributed by atoms with Crippen molar-refractivity contribution < 1.29 is 9.53 Å². The van der Waals surface area contributed by atoms with Gasteiger partial charge in [-0.3, -0.25) is 4.79 Å². The number of ether oxygens (including phenoxy) is 1. The van der Waals surface area contributed by atoms with Gasteiger partial charge in [0.15, 0.2) is 0 Å². The molecule has 19 heavy (non-hydrogen) atoms. The topological polar surface area (TPSA) is 76.1 Å². The van der Waals surface area contributed by atoms with E-state index in [4.69, 9.17) is 4.74 Å². The first-order valence-electron chi connectivity index (χ1n) is 6.15. The average molecular weight is 264 g/mol. The number of nitrogens with one attached hydrogen (secondary N) is 2. The molecule has 1 rings (SSSR count). The molecule has 6 heteroatoms. The minimum atomic E-state index is -0.231. The molecule has 0 aliphatic heterocycles. The Morgan fingerprint density at radius 1 is 1.53 bits per heavy atom. The Kier molecular flexibility index (Phi) is 6.52. The molecule has 104 valence electrons. The molecular formula is C13H20N4O2. The molecule has 0 aliphatic rings. The van der Waals surface area contributed by atoms with Crippen LogP contribution in [0.2, 0.25) is 0 Å². The van der Waals surface area contributed by atoms with Crippen LogP contribution in [0.15, 0.2) is 18.7 Å². The van der Waals surface area contributed by atoms with Gasteiger partial charge in [-0.2, -0.15) is 0 Å². The van der Waals surface area contributed by atoms with Crippen LogP contribution in [0.4, 0.5) is 5.82 Å². The second-order valence-corrected chi connectivity index (χ2v) is 3.96. The number of hydrogen-bond acceptors (Lipinski definition) is 5. The second-order valence-electron chi connectivity index (χ2n) is 3.96. The van der Waals surface area contributed by atoms with E-state index in [2.05, 4.69) is 27.2 Å². The lowest BCUT2D eigenvalue weighted by atomic mass is 10.3. The van der Waals surface area contributed by atoms with E-state index in [1.807, 2.05) is 0 Å². The summed E-state index contributed by atoms with van der Waals surface area (Å²) in [6.07, 6.45) is 2.49. The molecule has 0 aliphatic carbocycles. The fourth-order valence-corrected chi connectivity index (χ4v) is 1.46. The molecule has 1 heterocycles. The molecule has 0 saturated heterocycles. The zero-order valence-electron chi connectivity index (χ0n) is 11.4. The molecule has 0 spiro atoms. The van der Waals surface area contributed by atoms with Gasteiger partial charge in [0.25, 0.3) is 5.91 Å². The fourth-order valence-electron chi connectivity index (χ4n) is 1.46. The van der Waals surface area contributed by atoms with Gasteiger partial charge in [0, 0.05) is 32.9 Å². The molecule has 1 amide bonds. The molecule has 1 aromatic rings. The number of aromatic nitrogens is 2. The van der Waals surface area contributed by atoms with Crippen LogP contribution in [0.3, 0.4) is 0 Å². The summed E-state index contributed by atoms with van der Waals surface area (Å²) >= 11 is 0. The standard InChI is InChI=1S/C13H20N4O2/c1-4-6-15-13(18)11-9-12(17-10(2)16-11)14-7-5-8-19-3/h4,9H,1,5-8H2,2-3H3,(H,15,18)(H,14,16,17). The number of amides is 1. The van der Waals surface area contributed by atoms with E-state index in [0.29, 0.717) is 30.5 Å². The van der Waals surface area contributed by atoms with Crippen molar-refractivity contribution in [2.75, 3.05) is 32.1 Å². The summed E-state index contributed by atoms with van der Waals surface area (Å²) < 4.78 is 4.96. The van der Waals surface area contributed by atoms with Crippen LogP contribution in [0.25, 0.3) is 0 Å². The van der Waals surface area contributed by atoms with E-state index in [-0.39, 0.29) is 5.91 Å². The third kappa shape index (κ3) is 5.48. The Bertz CT molecular complexity index is 435. The molecule has 0 fully saturated rings. The number of aryl methyl sites for hydroxylation is 1. The van der Waals surface area contributed by atoms with Crippen molar-refractivity contribution in [2.24, 2.45) is 0 Å². The zero-order valence-corrected chi connectivity index (χ0v) is 11.4. The maximum atomic E-state index is 11.8. The second kappa shape index (κ2) is 8.20. The largest absolute Gasteiger partial charge is 0.385 e. The molecule has 2 N–H and O–H groups in total. The van der Waals surface area contributed by atoms with Gasteiger partial charge < -0.3 is 15.4 Å². The van der Waals surface area contributed by atoms with Gasteiger partial charge in [-0.25, -0.2) is 9.97 Å². The van der Waals surface area contributed by atoms with Gasteiger partial charge >= 0.3 is 0 Å². The Morgan fingerprint density at radius 2 is 2.32 bits per heavy atom. The van der Waals surface area contributed by atoms with Gasteiger partial charge in [-0.1, -0.05) is 6.08 Å². The number of carbonyl (C=O) groups is 1. The highest BCUT2D eigenvalue weighted by atomic mass is 16.5. The molecule has 0 atom stereocenters. The Balaban J connectivity index is 2.65. The first-order valence-corrected chi connectivity index (χ1v) is 6.15. The zero-order chi connectivity index (χ0) is 14.1. The summed E-state index contributed by atoms with van der Waals surface area (Å²) in [6, 6.07) is 1.64. The third-order valence-electron chi connectivity index (χ3n) is 2.31. The SMILES string of the molecule is C=CCNC(=O)c1cc(NCCCOC)nc(C)n1. The predicted molar refractivity (Wildman–Crippen MR) is 74.3 cm³/mol. The van der Waals surface area contributed by atoms with Crippen LogP contribution in [0.1, 0.15) is 22.7 Å². The van der Waals surface area contributed by atoms with Crippen molar-refractivity contribution in [1.29, 1.82) is 0 Å². The highest BCUT2D eigenvalue weighted by Crippen LogP contribution is 2.06. The first-order chi connectivity index (χ1) is 9.17. The highest BCUT2D eigenvalue weighted by Gasteiger charge is 2.09. The van der Waals surface area contributed by atoms with Crippen molar-refractivity contribution >= 4 is 11.7 Å². The summed E-state index contributed by atoms with van der Waals surface area (Å²) in [7, 11) is 1.66. The van der Waals surface area contributed by atoms with E-state index in [1.165, 1.54) is 0 Å². The van der Waals surface area contributed by atoms with Crippen molar-refractivity contribution in [3.63, 3.8) is 0 Å². The molecule has 0 bridgehead atoms. The van der Waals surface area contributed by atoms with Crippen molar-refractivity contribution in [3.05, 3.63) is 30.2 Å². The molecular weight excluding hydrogens is 244 g/mol. The highest BCUT2D eigenvalue weighted by molar-refractivity contribution is 5.93. The van der Waals surface area contributed by atoms with Crippen molar-refractivity contribution in [3.8, 4) is 0 Å².